The Hall–Kier alpha value is -1.95. The third kappa shape index (κ3) is 4.53. The van der Waals surface area contributed by atoms with Crippen LogP contribution in [0, 0.1) is 10.1 Å². The Labute approximate surface area is 130 Å². The lowest BCUT2D eigenvalue weighted by molar-refractivity contribution is -0.384. The van der Waals surface area contributed by atoms with Gasteiger partial charge in [0.2, 0.25) is 0 Å². The average molecular weight is 305 g/mol. The summed E-state index contributed by atoms with van der Waals surface area (Å²) in [6.07, 6.45) is 4.70. The Kier molecular flexibility index (Phi) is 5.89. The lowest BCUT2D eigenvalue weighted by Crippen LogP contribution is -2.39. The number of nitro benzene ring substituents is 1. The van der Waals surface area contributed by atoms with E-state index < -0.39 is 4.92 Å². The van der Waals surface area contributed by atoms with E-state index in [1.54, 1.807) is 6.07 Å². The number of benzene rings is 1. The third-order valence-corrected chi connectivity index (χ3v) is 4.17. The topological polar surface area (TPSA) is 75.5 Å². The molecule has 1 saturated heterocycles. The second-order valence-corrected chi connectivity index (χ2v) is 5.80. The fraction of sp³-hybridized carbons (Fsp3) is 0.562. The number of hydrogen-bond donors (Lipinski definition) is 1. The molecule has 6 nitrogen and oxygen atoms in total. The average Bonchev–Trinajstić information content (AvgIpc) is 2.53. The lowest BCUT2D eigenvalue weighted by atomic mass is 10.0. The van der Waals surface area contributed by atoms with Crippen molar-refractivity contribution >= 4 is 11.6 Å². The van der Waals surface area contributed by atoms with Gasteiger partial charge in [-0.2, -0.15) is 0 Å². The molecule has 1 aliphatic heterocycles. The standard InChI is InChI=1S/C16H23N3O3/c1-13-6-2-3-10-18(13)11-5-9-17-16(20)14-7-4-8-15(12-14)19(21)22/h4,7-8,12-13H,2-3,5-6,9-11H2,1H3,(H,17,20)/t13-/m0/s1. The molecule has 0 aliphatic carbocycles. The molecule has 0 aromatic heterocycles. The van der Waals surface area contributed by atoms with Crippen LogP contribution in [0.25, 0.3) is 0 Å². The van der Waals surface area contributed by atoms with Crippen LogP contribution >= 0.6 is 0 Å². The maximum atomic E-state index is 12.0. The van der Waals surface area contributed by atoms with Crippen LogP contribution in [0.4, 0.5) is 5.69 Å². The predicted molar refractivity (Wildman–Crippen MR) is 84.9 cm³/mol. The van der Waals surface area contributed by atoms with E-state index in [-0.39, 0.29) is 11.6 Å². The Morgan fingerprint density at radius 1 is 1.45 bits per heavy atom. The molecule has 0 unspecified atom stereocenters. The van der Waals surface area contributed by atoms with E-state index in [1.165, 1.54) is 37.5 Å². The molecular formula is C16H23N3O3. The van der Waals surface area contributed by atoms with Crippen molar-refractivity contribution in [2.45, 2.75) is 38.6 Å². The van der Waals surface area contributed by atoms with Crippen molar-refractivity contribution in [1.82, 2.24) is 10.2 Å². The zero-order valence-electron chi connectivity index (χ0n) is 13.0. The molecule has 0 bridgehead atoms. The molecule has 1 aliphatic rings. The second kappa shape index (κ2) is 7.89. The SMILES string of the molecule is C[C@H]1CCCCN1CCCNC(=O)c1cccc([N+](=O)[O-])c1. The van der Waals surface area contributed by atoms with Gasteiger partial charge in [-0.15, -0.1) is 0 Å². The number of nitrogens with zero attached hydrogens (tertiary/aromatic N) is 2. The number of piperidine rings is 1. The fourth-order valence-corrected chi connectivity index (χ4v) is 2.84. The van der Waals surface area contributed by atoms with E-state index in [0.717, 1.165) is 19.5 Å². The highest BCUT2D eigenvalue weighted by Crippen LogP contribution is 2.16. The van der Waals surface area contributed by atoms with Gasteiger partial charge in [0.15, 0.2) is 0 Å². The number of amides is 1. The van der Waals surface area contributed by atoms with E-state index in [9.17, 15) is 14.9 Å². The van der Waals surface area contributed by atoms with Crippen molar-refractivity contribution in [1.29, 1.82) is 0 Å². The minimum absolute atomic E-state index is 0.0604. The fourth-order valence-electron chi connectivity index (χ4n) is 2.84. The van der Waals surface area contributed by atoms with E-state index in [0.29, 0.717) is 18.2 Å². The summed E-state index contributed by atoms with van der Waals surface area (Å²) in [4.78, 5) is 24.7. The van der Waals surface area contributed by atoms with Gasteiger partial charge in [0.1, 0.15) is 0 Å². The molecule has 0 saturated carbocycles. The first-order chi connectivity index (χ1) is 10.6. The minimum Gasteiger partial charge on any atom is -0.352 e. The summed E-state index contributed by atoms with van der Waals surface area (Å²) in [7, 11) is 0. The predicted octanol–water partition coefficient (Wildman–Crippen LogP) is 2.59. The smallest absolute Gasteiger partial charge is 0.270 e. The molecule has 2 rings (SSSR count). The molecule has 6 heteroatoms. The van der Waals surface area contributed by atoms with Crippen LogP contribution in [0.2, 0.25) is 0 Å². The number of carbonyl (C=O) groups is 1. The first-order valence-corrected chi connectivity index (χ1v) is 7.84. The molecule has 1 fully saturated rings. The number of carbonyl (C=O) groups excluding carboxylic acids is 1. The van der Waals surface area contributed by atoms with Crippen molar-refractivity contribution in [3.63, 3.8) is 0 Å². The summed E-state index contributed by atoms with van der Waals surface area (Å²) in [5.41, 5.74) is 0.273. The molecule has 1 N–H and O–H groups in total. The Balaban J connectivity index is 1.75. The molecule has 1 heterocycles. The van der Waals surface area contributed by atoms with E-state index in [2.05, 4.69) is 17.1 Å². The number of nitrogens with one attached hydrogen (secondary N) is 1. The Morgan fingerprint density at radius 2 is 2.27 bits per heavy atom. The normalized spacial score (nSPS) is 18.9. The third-order valence-electron chi connectivity index (χ3n) is 4.17. The first-order valence-electron chi connectivity index (χ1n) is 7.84. The van der Waals surface area contributed by atoms with Gasteiger partial charge in [0.25, 0.3) is 11.6 Å². The van der Waals surface area contributed by atoms with Crippen LogP contribution in [0.3, 0.4) is 0 Å². The van der Waals surface area contributed by atoms with Crippen LogP contribution in [-0.4, -0.2) is 41.4 Å². The van der Waals surface area contributed by atoms with Crippen molar-refractivity contribution in [3.05, 3.63) is 39.9 Å². The van der Waals surface area contributed by atoms with Crippen LogP contribution in [0.1, 0.15) is 43.0 Å². The summed E-state index contributed by atoms with van der Waals surface area (Å²) in [5.74, 6) is -0.254. The first kappa shape index (κ1) is 16.4. The molecule has 1 aromatic rings. The number of likely N-dealkylation sites (tertiary alicyclic amines) is 1. The zero-order valence-corrected chi connectivity index (χ0v) is 13.0. The van der Waals surface area contributed by atoms with E-state index >= 15 is 0 Å². The van der Waals surface area contributed by atoms with Gasteiger partial charge in [0, 0.05) is 36.8 Å². The van der Waals surface area contributed by atoms with Gasteiger partial charge in [-0.1, -0.05) is 12.5 Å². The van der Waals surface area contributed by atoms with Crippen LogP contribution in [0.5, 0.6) is 0 Å². The molecule has 1 atom stereocenters. The van der Waals surface area contributed by atoms with Gasteiger partial charge in [-0.3, -0.25) is 14.9 Å². The van der Waals surface area contributed by atoms with Crippen LogP contribution in [-0.2, 0) is 0 Å². The Morgan fingerprint density at radius 3 is 3.00 bits per heavy atom. The number of rotatable bonds is 6. The van der Waals surface area contributed by atoms with E-state index in [1.807, 2.05) is 0 Å². The molecule has 120 valence electrons. The van der Waals surface area contributed by atoms with Gasteiger partial charge in [0.05, 0.1) is 4.92 Å². The zero-order chi connectivity index (χ0) is 15.9. The molecule has 0 radical (unpaired) electrons. The van der Waals surface area contributed by atoms with Crippen molar-refractivity contribution in [3.8, 4) is 0 Å². The monoisotopic (exact) mass is 305 g/mol. The van der Waals surface area contributed by atoms with Gasteiger partial charge < -0.3 is 10.2 Å². The molecule has 1 amide bonds. The highest BCUT2D eigenvalue weighted by molar-refractivity contribution is 5.94. The van der Waals surface area contributed by atoms with Crippen molar-refractivity contribution < 1.29 is 9.72 Å². The highest BCUT2D eigenvalue weighted by atomic mass is 16.6. The van der Waals surface area contributed by atoms with Crippen LogP contribution in [0.15, 0.2) is 24.3 Å². The molecule has 22 heavy (non-hydrogen) atoms. The molecular weight excluding hydrogens is 282 g/mol. The maximum absolute atomic E-state index is 12.0. The second-order valence-electron chi connectivity index (χ2n) is 5.80. The largest absolute Gasteiger partial charge is 0.352 e. The van der Waals surface area contributed by atoms with Gasteiger partial charge >= 0.3 is 0 Å². The number of nitro groups is 1. The maximum Gasteiger partial charge on any atom is 0.270 e. The van der Waals surface area contributed by atoms with Crippen LogP contribution < -0.4 is 5.32 Å². The summed E-state index contributed by atoms with van der Waals surface area (Å²) < 4.78 is 0. The van der Waals surface area contributed by atoms with E-state index in [4.69, 9.17) is 0 Å². The minimum atomic E-state index is -0.492. The lowest BCUT2D eigenvalue weighted by Gasteiger charge is -2.33. The number of non-ortho nitro benzene ring substituents is 1. The van der Waals surface area contributed by atoms with Crippen molar-refractivity contribution in [2.24, 2.45) is 0 Å². The van der Waals surface area contributed by atoms with Gasteiger partial charge in [-0.05, 0) is 38.8 Å². The summed E-state index contributed by atoms with van der Waals surface area (Å²) >= 11 is 0. The number of hydrogen-bond acceptors (Lipinski definition) is 4. The Bertz CT molecular complexity index is 533. The van der Waals surface area contributed by atoms with Gasteiger partial charge in [-0.25, -0.2) is 0 Å². The molecule has 0 spiro atoms. The summed E-state index contributed by atoms with van der Waals surface area (Å²) in [6.45, 7) is 4.96. The quantitative estimate of drug-likeness (QED) is 0.498. The summed E-state index contributed by atoms with van der Waals surface area (Å²) in [6, 6.07) is 6.44. The highest BCUT2D eigenvalue weighted by Gasteiger charge is 2.17. The molecule has 1 aromatic carbocycles. The van der Waals surface area contributed by atoms with Crippen molar-refractivity contribution in [2.75, 3.05) is 19.6 Å². The summed E-state index contributed by atoms with van der Waals surface area (Å²) in [5, 5.41) is 13.5.